The standard InChI is InChI=1S/C20H18N4O3S2/c25-19(24-20-22-17-5-1-2-6-18(17)23-20)14-7-9-16(10-8-14)29(26,27)21-12-11-15-4-3-13-28-15/h1-10,13,21H,11-12H2,(H2,22,23,24,25). The quantitative estimate of drug-likeness (QED) is 0.421. The number of imidazole rings is 1. The Morgan fingerprint density at radius 2 is 1.83 bits per heavy atom. The summed E-state index contributed by atoms with van der Waals surface area (Å²) >= 11 is 1.59. The molecule has 0 aliphatic carbocycles. The van der Waals surface area contributed by atoms with Crippen molar-refractivity contribution in [3.63, 3.8) is 0 Å². The molecule has 0 saturated heterocycles. The number of hydrogen-bond donors (Lipinski definition) is 3. The summed E-state index contributed by atoms with van der Waals surface area (Å²) < 4.78 is 27.4. The number of thiophene rings is 1. The summed E-state index contributed by atoms with van der Waals surface area (Å²) in [6.07, 6.45) is 0.634. The fourth-order valence-corrected chi connectivity index (χ4v) is 4.56. The molecule has 0 unspecified atom stereocenters. The van der Waals surface area contributed by atoms with E-state index in [4.69, 9.17) is 0 Å². The Morgan fingerprint density at radius 1 is 1.03 bits per heavy atom. The molecule has 7 nitrogen and oxygen atoms in total. The summed E-state index contributed by atoms with van der Waals surface area (Å²) in [5.74, 6) is -0.0400. The monoisotopic (exact) mass is 426 g/mol. The number of anilines is 1. The maximum Gasteiger partial charge on any atom is 0.257 e. The van der Waals surface area contributed by atoms with Crippen LogP contribution in [-0.2, 0) is 16.4 Å². The maximum atomic E-state index is 12.4. The largest absolute Gasteiger partial charge is 0.324 e. The van der Waals surface area contributed by atoms with Gasteiger partial charge in [-0.05, 0) is 54.3 Å². The molecule has 0 aliphatic heterocycles. The summed E-state index contributed by atoms with van der Waals surface area (Å²) in [5.41, 5.74) is 1.90. The number of carbonyl (C=O) groups is 1. The van der Waals surface area contributed by atoms with E-state index in [1.54, 1.807) is 11.3 Å². The smallest absolute Gasteiger partial charge is 0.257 e. The topological polar surface area (TPSA) is 104 Å². The van der Waals surface area contributed by atoms with Crippen LogP contribution in [0.5, 0.6) is 0 Å². The van der Waals surface area contributed by atoms with Crippen LogP contribution < -0.4 is 10.0 Å². The second-order valence-electron chi connectivity index (χ2n) is 6.31. The van der Waals surface area contributed by atoms with E-state index in [9.17, 15) is 13.2 Å². The molecule has 2 aromatic heterocycles. The number of sulfonamides is 1. The van der Waals surface area contributed by atoms with Crippen LogP contribution in [-0.4, -0.2) is 30.8 Å². The molecule has 2 aromatic carbocycles. The molecule has 148 valence electrons. The normalized spacial score (nSPS) is 11.6. The molecule has 29 heavy (non-hydrogen) atoms. The molecule has 0 saturated carbocycles. The molecule has 3 N–H and O–H groups in total. The number of hydrogen-bond acceptors (Lipinski definition) is 5. The van der Waals surface area contributed by atoms with Crippen LogP contribution in [0.25, 0.3) is 11.0 Å². The fourth-order valence-electron chi connectivity index (χ4n) is 2.82. The van der Waals surface area contributed by atoms with Gasteiger partial charge in [-0.25, -0.2) is 18.1 Å². The Morgan fingerprint density at radius 3 is 2.55 bits per heavy atom. The Labute approximate surface area is 171 Å². The number of aromatic amines is 1. The number of aromatic nitrogens is 2. The second-order valence-corrected chi connectivity index (χ2v) is 9.11. The van der Waals surface area contributed by atoms with Gasteiger partial charge in [0.2, 0.25) is 16.0 Å². The first-order chi connectivity index (χ1) is 14.0. The summed E-state index contributed by atoms with van der Waals surface area (Å²) in [7, 11) is -3.63. The fraction of sp³-hybridized carbons (Fsp3) is 0.100. The average molecular weight is 427 g/mol. The molecular formula is C20H18N4O3S2. The molecule has 0 atom stereocenters. The Hall–Kier alpha value is -3.01. The van der Waals surface area contributed by atoms with Gasteiger partial charge in [-0.3, -0.25) is 10.1 Å². The minimum Gasteiger partial charge on any atom is -0.324 e. The second kappa shape index (κ2) is 8.16. The molecule has 2 heterocycles. The molecule has 1 amide bonds. The van der Waals surface area contributed by atoms with Crippen LogP contribution >= 0.6 is 11.3 Å². The number of amides is 1. The van der Waals surface area contributed by atoms with Gasteiger partial charge in [0.05, 0.1) is 15.9 Å². The SMILES string of the molecule is O=C(Nc1nc2ccccc2[nH]1)c1ccc(S(=O)(=O)NCCc2cccs2)cc1. The minimum atomic E-state index is -3.63. The zero-order valence-electron chi connectivity index (χ0n) is 15.3. The van der Waals surface area contributed by atoms with Gasteiger partial charge in [-0.15, -0.1) is 11.3 Å². The Bertz CT molecular complexity index is 1200. The van der Waals surface area contributed by atoms with E-state index in [0.717, 1.165) is 15.9 Å². The summed E-state index contributed by atoms with van der Waals surface area (Å²) in [4.78, 5) is 21.0. The van der Waals surface area contributed by atoms with Gasteiger partial charge in [0.1, 0.15) is 0 Å². The lowest BCUT2D eigenvalue weighted by molar-refractivity contribution is 0.102. The number of benzene rings is 2. The molecule has 0 aliphatic rings. The van der Waals surface area contributed by atoms with E-state index in [2.05, 4.69) is 20.0 Å². The third kappa shape index (κ3) is 4.53. The third-order valence-electron chi connectivity index (χ3n) is 4.29. The highest BCUT2D eigenvalue weighted by Gasteiger charge is 2.15. The molecule has 0 fully saturated rings. The number of para-hydroxylation sites is 2. The number of nitrogens with one attached hydrogen (secondary N) is 3. The average Bonchev–Trinajstić information content (AvgIpc) is 3.37. The molecule has 9 heteroatoms. The summed E-state index contributed by atoms with van der Waals surface area (Å²) in [5, 5.41) is 4.64. The van der Waals surface area contributed by atoms with E-state index >= 15 is 0 Å². The van der Waals surface area contributed by atoms with Crippen LogP contribution in [0.4, 0.5) is 5.95 Å². The molecule has 0 radical (unpaired) electrons. The van der Waals surface area contributed by atoms with Crippen LogP contribution in [0, 0.1) is 0 Å². The Kier molecular flexibility index (Phi) is 5.43. The minimum absolute atomic E-state index is 0.115. The Balaban J connectivity index is 1.40. The third-order valence-corrected chi connectivity index (χ3v) is 6.70. The predicted molar refractivity (Wildman–Crippen MR) is 114 cm³/mol. The van der Waals surface area contributed by atoms with E-state index < -0.39 is 10.0 Å². The zero-order valence-corrected chi connectivity index (χ0v) is 16.9. The van der Waals surface area contributed by atoms with Gasteiger partial charge in [-0.2, -0.15) is 0 Å². The number of nitrogens with zero attached hydrogens (tertiary/aromatic N) is 1. The van der Waals surface area contributed by atoms with Gasteiger partial charge in [0.25, 0.3) is 5.91 Å². The van der Waals surface area contributed by atoms with Crippen molar-refractivity contribution in [1.82, 2.24) is 14.7 Å². The van der Waals surface area contributed by atoms with E-state index in [0.29, 0.717) is 24.5 Å². The molecule has 0 bridgehead atoms. The lowest BCUT2D eigenvalue weighted by atomic mass is 10.2. The van der Waals surface area contributed by atoms with Crippen molar-refractivity contribution in [2.45, 2.75) is 11.3 Å². The first-order valence-electron chi connectivity index (χ1n) is 8.89. The molecular weight excluding hydrogens is 408 g/mol. The van der Waals surface area contributed by atoms with Crippen molar-refractivity contribution in [2.75, 3.05) is 11.9 Å². The van der Waals surface area contributed by atoms with Crippen LogP contribution in [0.1, 0.15) is 15.2 Å². The predicted octanol–water partition coefficient (Wildman–Crippen LogP) is 3.40. The van der Waals surface area contributed by atoms with Crippen LogP contribution in [0.2, 0.25) is 0 Å². The van der Waals surface area contributed by atoms with Crippen LogP contribution in [0.3, 0.4) is 0 Å². The van der Waals surface area contributed by atoms with Gasteiger partial charge < -0.3 is 4.98 Å². The van der Waals surface area contributed by atoms with Gasteiger partial charge in [-0.1, -0.05) is 18.2 Å². The number of H-pyrrole nitrogens is 1. The van der Waals surface area contributed by atoms with Crippen molar-refractivity contribution in [2.24, 2.45) is 0 Å². The number of carbonyl (C=O) groups excluding carboxylic acids is 1. The van der Waals surface area contributed by atoms with Gasteiger partial charge in [0.15, 0.2) is 0 Å². The zero-order chi connectivity index (χ0) is 20.3. The summed E-state index contributed by atoms with van der Waals surface area (Å²) in [6.45, 7) is 0.317. The van der Waals surface area contributed by atoms with E-state index in [1.807, 2.05) is 41.8 Å². The van der Waals surface area contributed by atoms with E-state index in [1.165, 1.54) is 24.3 Å². The van der Waals surface area contributed by atoms with Crippen molar-refractivity contribution >= 4 is 44.2 Å². The number of rotatable bonds is 7. The highest BCUT2D eigenvalue weighted by Crippen LogP contribution is 2.16. The number of fused-ring (bicyclic) bond motifs is 1. The molecule has 4 aromatic rings. The lowest BCUT2D eigenvalue weighted by Crippen LogP contribution is -2.26. The molecule has 4 rings (SSSR count). The van der Waals surface area contributed by atoms with Gasteiger partial charge >= 0.3 is 0 Å². The van der Waals surface area contributed by atoms with E-state index in [-0.39, 0.29) is 10.8 Å². The lowest BCUT2D eigenvalue weighted by Gasteiger charge is -2.07. The first-order valence-corrected chi connectivity index (χ1v) is 11.3. The van der Waals surface area contributed by atoms with Crippen molar-refractivity contribution in [1.29, 1.82) is 0 Å². The van der Waals surface area contributed by atoms with Crippen LogP contribution in [0.15, 0.2) is 70.9 Å². The molecule has 0 spiro atoms. The first kappa shape index (κ1) is 19.3. The highest BCUT2D eigenvalue weighted by molar-refractivity contribution is 7.89. The van der Waals surface area contributed by atoms with Crippen molar-refractivity contribution in [3.8, 4) is 0 Å². The maximum absolute atomic E-state index is 12.4. The highest BCUT2D eigenvalue weighted by atomic mass is 32.2. The summed E-state index contributed by atoms with van der Waals surface area (Å²) in [6, 6.07) is 17.1. The van der Waals surface area contributed by atoms with Crippen molar-refractivity contribution in [3.05, 3.63) is 76.5 Å². The van der Waals surface area contributed by atoms with Crippen molar-refractivity contribution < 1.29 is 13.2 Å². The van der Waals surface area contributed by atoms with Gasteiger partial charge in [0, 0.05) is 17.0 Å².